The number of anilines is 1. The summed E-state index contributed by atoms with van der Waals surface area (Å²) >= 11 is 0. The first kappa shape index (κ1) is 42.1. The number of morpholine rings is 1. The summed E-state index contributed by atoms with van der Waals surface area (Å²) in [7, 11) is 1.44. The Morgan fingerprint density at radius 3 is 2.31 bits per heavy atom. The molecule has 0 bridgehead atoms. The van der Waals surface area contributed by atoms with Crippen molar-refractivity contribution < 1.29 is 48.0 Å². The largest absolute Gasteiger partial charge is 0.491 e. The minimum atomic E-state index is -2.07. The van der Waals surface area contributed by atoms with Gasteiger partial charge in [0.25, 0.3) is 0 Å². The van der Waals surface area contributed by atoms with Gasteiger partial charge in [-0.3, -0.25) is 19.3 Å². The SMILES string of the molecule is C=CCNC(=O)[C@H]1[C@@H]2C(=O)O[C@@H](c3ccccc3)[C@@H](c3ccccc3)N2[C@@H](c2cccc(OCCO)c2)[C@]12C(=O)N(C(=O)OCCOC)c1ccc(C#CCNC(N)=O)cc12. The zero-order valence-electron chi connectivity index (χ0n) is 33.3. The smallest absolute Gasteiger partial charge is 0.421 e. The van der Waals surface area contributed by atoms with Crippen molar-refractivity contribution in [3.63, 3.8) is 0 Å². The van der Waals surface area contributed by atoms with E-state index in [1.165, 1.54) is 13.2 Å². The van der Waals surface area contributed by atoms with Crippen LogP contribution in [0.15, 0.2) is 116 Å². The number of amides is 5. The Labute approximate surface area is 352 Å². The van der Waals surface area contributed by atoms with Gasteiger partial charge in [0.2, 0.25) is 11.8 Å². The third kappa shape index (κ3) is 7.92. The van der Waals surface area contributed by atoms with Crippen LogP contribution in [0.25, 0.3) is 0 Å². The predicted octanol–water partition coefficient (Wildman–Crippen LogP) is 3.83. The molecule has 15 nitrogen and oxygen atoms in total. The number of imide groups is 1. The standard InChI is InChI=1S/C46H45N5O10/c1-3-21-48-41(53)36-38-42(54)61-39(31-15-8-5-9-16-31)37(30-13-6-4-7-14-30)51(38)40(32-17-10-18-33(28-32)59-24-23-52)46(36)34-27-29(12-11-22-49-44(47)56)19-20-35(34)50(43(46)55)45(57)60-26-25-58-2/h3-10,13-20,27-28,36-40,52H,1,21-26H2,2H3,(H,48,53)(H3,47,49,56)/t36-,37-,38-,39+,40+,46-/m1/s1. The normalized spacial score (nSPS) is 22.6. The number of benzene rings is 4. The Bertz CT molecular complexity index is 2370. The first-order valence-electron chi connectivity index (χ1n) is 19.6. The summed E-state index contributed by atoms with van der Waals surface area (Å²) in [6, 6.07) is 26.0. The number of fused-ring (bicyclic) bond motifs is 3. The van der Waals surface area contributed by atoms with E-state index in [0.29, 0.717) is 22.4 Å². The number of carbonyl (C=O) groups is 5. The Balaban J connectivity index is 1.58. The van der Waals surface area contributed by atoms with Gasteiger partial charge in [0.1, 0.15) is 36.5 Å². The molecule has 3 heterocycles. The third-order valence-electron chi connectivity index (χ3n) is 11.0. The van der Waals surface area contributed by atoms with E-state index in [-0.39, 0.29) is 50.8 Å². The van der Waals surface area contributed by atoms with Crippen molar-refractivity contribution in [1.82, 2.24) is 15.5 Å². The Morgan fingerprint density at radius 2 is 1.62 bits per heavy atom. The minimum Gasteiger partial charge on any atom is -0.491 e. The van der Waals surface area contributed by atoms with Crippen molar-refractivity contribution in [2.24, 2.45) is 11.7 Å². The molecule has 4 aromatic rings. The van der Waals surface area contributed by atoms with Gasteiger partial charge in [-0.15, -0.1) is 6.58 Å². The number of aliphatic hydroxyl groups excluding tert-OH is 1. The van der Waals surface area contributed by atoms with Gasteiger partial charge in [0, 0.05) is 19.2 Å². The van der Waals surface area contributed by atoms with Crippen molar-refractivity contribution in [3.8, 4) is 17.6 Å². The first-order chi connectivity index (χ1) is 29.7. The fraction of sp³-hybridized carbons (Fsp3) is 0.283. The highest BCUT2D eigenvalue weighted by Gasteiger charge is 2.75. The van der Waals surface area contributed by atoms with Crippen molar-refractivity contribution in [3.05, 3.63) is 144 Å². The summed E-state index contributed by atoms with van der Waals surface area (Å²) in [6.45, 7) is 3.20. The lowest BCUT2D eigenvalue weighted by atomic mass is 9.65. The van der Waals surface area contributed by atoms with E-state index in [2.05, 4.69) is 29.1 Å². The van der Waals surface area contributed by atoms with E-state index in [1.54, 1.807) is 42.5 Å². The Morgan fingerprint density at radius 1 is 0.902 bits per heavy atom. The lowest BCUT2D eigenvalue weighted by molar-refractivity contribution is -0.178. The molecular formula is C46H45N5O10. The number of methoxy groups -OCH3 is 1. The summed E-state index contributed by atoms with van der Waals surface area (Å²) < 4.78 is 23.1. The maximum absolute atomic E-state index is 16.0. The summed E-state index contributed by atoms with van der Waals surface area (Å²) in [5.74, 6) is 2.36. The van der Waals surface area contributed by atoms with E-state index in [1.807, 2.05) is 65.6 Å². The molecule has 314 valence electrons. The van der Waals surface area contributed by atoms with Gasteiger partial charge >= 0.3 is 18.1 Å². The molecular weight excluding hydrogens is 783 g/mol. The second-order valence-electron chi connectivity index (χ2n) is 14.4. The van der Waals surface area contributed by atoms with Crippen molar-refractivity contribution >= 4 is 35.6 Å². The molecule has 5 N–H and O–H groups in total. The molecule has 0 unspecified atom stereocenters. The fourth-order valence-electron chi connectivity index (χ4n) is 8.74. The molecule has 3 aliphatic heterocycles. The fourth-order valence-corrected chi connectivity index (χ4v) is 8.74. The molecule has 5 amide bonds. The zero-order valence-corrected chi connectivity index (χ0v) is 33.3. The van der Waals surface area contributed by atoms with E-state index in [0.717, 1.165) is 10.5 Å². The van der Waals surface area contributed by atoms with Gasteiger partial charge in [-0.2, -0.15) is 0 Å². The molecule has 3 aliphatic rings. The van der Waals surface area contributed by atoms with E-state index in [4.69, 9.17) is 24.7 Å². The lowest BCUT2D eigenvalue weighted by Crippen LogP contribution is -2.55. The van der Waals surface area contributed by atoms with Gasteiger partial charge in [-0.25, -0.2) is 14.5 Å². The summed E-state index contributed by atoms with van der Waals surface area (Å²) in [4.78, 5) is 74.6. The second-order valence-corrected chi connectivity index (χ2v) is 14.4. The van der Waals surface area contributed by atoms with Gasteiger partial charge in [-0.1, -0.05) is 90.7 Å². The van der Waals surface area contributed by atoms with Crippen molar-refractivity contribution in [2.45, 2.75) is 29.6 Å². The van der Waals surface area contributed by atoms with Crippen LogP contribution >= 0.6 is 0 Å². The molecule has 61 heavy (non-hydrogen) atoms. The number of carbonyl (C=O) groups excluding carboxylic acids is 5. The van der Waals surface area contributed by atoms with Gasteiger partial charge in [-0.05, 0) is 52.6 Å². The van der Waals surface area contributed by atoms with Crippen LogP contribution in [0.3, 0.4) is 0 Å². The number of nitrogens with two attached hydrogens (primary N) is 1. The van der Waals surface area contributed by atoms with Crippen LogP contribution in [0, 0.1) is 17.8 Å². The molecule has 7 rings (SSSR count). The molecule has 15 heteroatoms. The third-order valence-corrected chi connectivity index (χ3v) is 11.0. The molecule has 0 aromatic heterocycles. The average molecular weight is 828 g/mol. The van der Waals surface area contributed by atoms with Crippen LogP contribution in [-0.2, 0) is 34.0 Å². The van der Waals surface area contributed by atoms with Crippen LogP contribution < -0.4 is 26.0 Å². The monoisotopic (exact) mass is 827 g/mol. The number of nitrogens with zero attached hydrogens (tertiary/aromatic N) is 2. The molecule has 2 fully saturated rings. The highest BCUT2D eigenvalue weighted by atomic mass is 16.6. The first-order valence-corrected chi connectivity index (χ1v) is 19.6. The molecule has 6 atom stereocenters. The number of hydrogen-bond acceptors (Lipinski definition) is 11. The maximum Gasteiger partial charge on any atom is 0.421 e. The summed E-state index contributed by atoms with van der Waals surface area (Å²) in [5, 5.41) is 15.0. The maximum atomic E-state index is 16.0. The number of rotatable bonds is 13. The van der Waals surface area contributed by atoms with E-state index >= 15 is 14.4 Å². The van der Waals surface area contributed by atoms with E-state index < -0.39 is 65.5 Å². The van der Waals surface area contributed by atoms with Crippen LogP contribution in [0.4, 0.5) is 15.3 Å². The predicted molar refractivity (Wildman–Crippen MR) is 222 cm³/mol. The number of ether oxygens (including phenoxy) is 4. The summed E-state index contributed by atoms with van der Waals surface area (Å²) in [6.07, 6.45) is -0.481. The van der Waals surface area contributed by atoms with Gasteiger partial charge in [0.05, 0.1) is 43.4 Å². The van der Waals surface area contributed by atoms with Gasteiger partial charge in [0.15, 0.2) is 0 Å². The number of nitrogens with one attached hydrogen (secondary N) is 2. The molecule has 2 saturated heterocycles. The molecule has 0 radical (unpaired) electrons. The van der Waals surface area contributed by atoms with Crippen molar-refractivity contribution in [2.75, 3.05) is 51.5 Å². The van der Waals surface area contributed by atoms with Crippen LogP contribution in [-0.4, -0.2) is 92.6 Å². The number of primary amides is 1. The van der Waals surface area contributed by atoms with Gasteiger partial charge < -0.3 is 40.4 Å². The molecule has 4 aromatic carbocycles. The molecule has 0 aliphatic carbocycles. The Hall–Kier alpha value is -6.99. The van der Waals surface area contributed by atoms with Crippen molar-refractivity contribution in [1.29, 1.82) is 0 Å². The minimum absolute atomic E-state index is 0.0146. The zero-order chi connectivity index (χ0) is 43.1. The van der Waals surface area contributed by atoms with Crippen LogP contribution in [0.2, 0.25) is 0 Å². The molecule has 0 saturated carbocycles. The number of urea groups is 1. The number of cyclic esters (lactones) is 1. The summed E-state index contributed by atoms with van der Waals surface area (Å²) in [5.41, 5.74) is 5.72. The lowest BCUT2D eigenvalue weighted by Gasteiger charge is -2.46. The quantitative estimate of drug-likeness (QED) is 0.0662. The highest BCUT2D eigenvalue weighted by Crippen LogP contribution is 2.66. The Kier molecular flexibility index (Phi) is 12.8. The average Bonchev–Trinajstić information content (AvgIpc) is 3.73. The van der Waals surface area contributed by atoms with Crippen LogP contribution in [0.1, 0.15) is 46.0 Å². The second kappa shape index (κ2) is 18.5. The molecule has 1 spiro atoms. The number of esters is 1. The topological polar surface area (TPSA) is 199 Å². The van der Waals surface area contributed by atoms with E-state index in [9.17, 15) is 14.7 Å². The van der Waals surface area contributed by atoms with Crippen LogP contribution in [0.5, 0.6) is 5.75 Å². The number of aliphatic hydroxyl groups is 1. The number of hydrogen-bond donors (Lipinski definition) is 4. The highest BCUT2D eigenvalue weighted by molar-refractivity contribution is 6.23.